The van der Waals surface area contributed by atoms with Crippen LogP contribution in [0, 0.1) is 0 Å². The molecule has 118 valence electrons. The van der Waals surface area contributed by atoms with Gasteiger partial charge in [-0.3, -0.25) is 4.90 Å². The predicted octanol–water partition coefficient (Wildman–Crippen LogP) is 1.35. The third kappa shape index (κ3) is 4.98. The normalized spacial score (nSPS) is 25.9. The molecule has 2 fully saturated rings. The molecule has 5 nitrogen and oxygen atoms in total. The number of nitrogens with one attached hydrogen (secondary N) is 1. The van der Waals surface area contributed by atoms with Crippen LogP contribution in [0.3, 0.4) is 0 Å². The van der Waals surface area contributed by atoms with Gasteiger partial charge in [-0.05, 0) is 33.1 Å². The second-order valence-corrected chi connectivity index (χ2v) is 8.15. The summed E-state index contributed by atoms with van der Waals surface area (Å²) in [5, 5.41) is 0. The van der Waals surface area contributed by atoms with Crippen molar-refractivity contribution in [3.63, 3.8) is 0 Å². The number of sulfonamides is 1. The second kappa shape index (κ2) is 7.20. The Kier molecular flexibility index (Phi) is 5.84. The van der Waals surface area contributed by atoms with Crippen molar-refractivity contribution in [1.29, 1.82) is 0 Å². The lowest BCUT2D eigenvalue weighted by Crippen LogP contribution is -2.40. The molecule has 2 aliphatic rings. The van der Waals surface area contributed by atoms with E-state index in [9.17, 15) is 8.42 Å². The highest BCUT2D eigenvalue weighted by Crippen LogP contribution is 2.26. The summed E-state index contributed by atoms with van der Waals surface area (Å²) < 4.78 is 32.1. The lowest BCUT2D eigenvalue weighted by Gasteiger charge is -2.23. The number of hydrogen-bond donors (Lipinski definition) is 1. The van der Waals surface area contributed by atoms with Crippen LogP contribution >= 0.6 is 0 Å². The zero-order valence-corrected chi connectivity index (χ0v) is 13.5. The first-order chi connectivity index (χ1) is 9.46. The van der Waals surface area contributed by atoms with Gasteiger partial charge in [0.2, 0.25) is 10.0 Å². The molecule has 1 N–H and O–H groups in total. The summed E-state index contributed by atoms with van der Waals surface area (Å²) in [7, 11) is -3.21. The zero-order chi connectivity index (χ0) is 14.6. The van der Waals surface area contributed by atoms with Crippen molar-refractivity contribution in [2.24, 2.45) is 0 Å². The lowest BCUT2D eigenvalue weighted by molar-refractivity contribution is 0.0911. The summed E-state index contributed by atoms with van der Waals surface area (Å²) in [4.78, 5) is 2.46. The van der Waals surface area contributed by atoms with Crippen LogP contribution in [-0.4, -0.2) is 57.0 Å². The number of rotatable bonds is 7. The SMILES string of the molecule is CC(C)OCCS(=O)(=O)N[C@@H]1CCN(C2CCCC2)C1. The second-order valence-electron chi connectivity index (χ2n) is 6.28. The topological polar surface area (TPSA) is 58.6 Å². The van der Waals surface area contributed by atoms with Crippen molar-refractivity contribution < 1.29 is 13.2 Å². The van der Waals surface area contributed by atoms with E-state index in [4.69, 9.17) is 4.74 Å². The first-order valence-corrected chi connectivity index (χ1v) is 9.47. The monoisotopic (exact) mass is 304 g/mol. The van der Waals surface area contributed by atoms with E-state index in [1.54, 1.807) is 0 Å². The Balaban J connectivity index is 1.73. The van der Waals surface area contributed by atoms with E-state index in [1.165, 1.54) is 25.7 Å². The summed E-state index contributed by atoms with van der Waals surface area (Å²) in [5.41, 5.74) is 0. The number of hydrogen-bond acceptors (Lipinski definition) is 4. The highest BCUT2D eigenvalue weighted by Gasteiger charge is 2.31. The van der Waals surface area contributed by atoms with Crippen molar-refractivity contribution >= 4 is 10.0 Å². The van der Waals surface area contributed by atoms with Crippen molar-refractivity contribution in [3.8, 4) is 0 Å². The van der Waals surface area contributed by atoms with Gasteiger partial charge in [-0.25, -0.2) is 13.1 Å². The molecule has 1 saturated heterocycles. The molecule has 0 radical (unpaired) electrons. The van der Waals surface area contributed by atoms with Gasteiger partial charge in [0.1, 0.15) is 0 Å². The first kappa shape index (κ1) is 16.2. The fourth-order valence-electron chi connectivity index (χ4n) is 3.19. The molecule has 2 rings (SSSR count). The van der Waals surface area contributed by atoms with E-state index in [1.807, 2.05) is 13.8 Å². The summed E-state index contributed by atoms with van der Waals surface area (Å²) in [5.74, 6) is 0.0606. The van der Waals surface area contributed by atoms with E-state index < -0.39 is 10.0 Å². The van der Waals surface area contributed by atoms with Gasteiger partial charge >= 0.3 is 0 Å². The van der Waals surface area contributed by atoms with Crippen LogP contribution in [-0.2, 0) is 14.8 Å². The van der Waals surface area contributed by atoms with Gasteiger partial charge in [0.05, 0.1) is 18.5 Å². The van der Waals surface area contributed by atoms with Crippen LogP contribution in [0.15, 0.2) is 0 Å². The van der Waals surface area contributed by atoms with Crippen molar-refractivity contribution in [2.75, 3.05) is 25.4 Å². The number of nitrogens with zero attached hydrogens (tertiary/aromatic N) is 1. The molecule has 0 unspecified atom stereocenters. The molecule has 1 aliphatic heterocycles. The molecule has 1 heterocycles. The summed E-state index contributed by atoms with van der Waals surface area (Å²) in [6.45, 7) is 5.99. The number of ether oxygens (including phenoxy) is 1. The van der Waals surface area contributed by atoms with Crippen LogP contribution in [0.4, 0.5) is 0 Å². The Labute approximate surface area is 123 Å². The molecule has 6 heteroatoms. The Morgan fingerprint density at radius 2 is 1.95 bits per heavy atom. The maximum absolute atomic E-state index is 12.0. The Hall–Kier alpha value is -0.170. The van der Waals surface area contributed by atoms with Gasteiger partial charge in [0.25, 0.3) is 0 Å². The minimum absolute atomic E-state index is 0.0606. The standard InChI is InChI=1S/C14H28N2O3S/c1-12(2)19-9-10-20(17,18)15-13-7-8-16(11-13)14-5-3-4-6-14/h12-15H,3-11H2,1-2H3/t13-/m1/s1. The van der Waals surface area contributed by atoms with Gasteiger partial charge in [0.15, 0.2) is 0 Å². The minimum Gasteiger partial charge on any atom is -0.378 e. The van der Waals surface area contributed by atoms with E-state index >= 15 is 0 Å². The van der Waals surface area contributed by atoms with Gasteiger partial charge in [0, 0.05) is 25.2 Å². The van der Waals surface area contributed by atoms with Gasteiger partial charge < -0.3 is 4.74 Å². The molecule has 0 spiro atoms. The van der Waals surface area contributed by atoms with Crippen LogP contribution in [0.1, 0.15) is 46.0 Å². The van der Waals surface area contributed by atoms with E-state index in [0.29, 0.717) is 6.04 Å². The lowest BCUT2D eigenvalue weighted by atomic mass is 10.2. The molecule has 0 bridgehead atoms. The predicted molar refractivity (Wildman–Crippen MR) is 80.2 cm³/mol. The van der Waals surface area contributed by atoms with Gasteiger partial charge in [-0.1, -0.05) is 12.8 Å². The van der Waals surface area contributed by atoms with Crippen molar-refractivity contribution in [1.82, 2.24) is 9.62 Å². The van der Waals surface area contributed by atoms with Gasteiger partial charge in [-0.2, -0.15) is 0 Å². The highest BCUT2D eigenvalue weighted by atomic mass is 32.2. The summed E-state index contributed by atoms with van der Waals surface area (Å²) in [6.07, 6.45) is 6.22. The van der Waals surface area contributed by atoms with E-state index in [2.05, 4.69) is 9.62 Å². The van der Waals surface area contributed by atoms with Crippen molar-refractivity contribution in [3.05, 3.63) is 0 Å². The molecule has 20 heavy (non-hydrogen) atoms. The first-order valence-electron chi connectivity index (χ1n) is 7.82. The van der Waals surface area contributed by atoms with Crippen LogP contribution in [0.2, 0.25) is 0 Å². The molecule has 0 aromatic heterocycles. The fraction of sp³-hybridized carbons (Fsp3) is 1.00. The average molecular weight is 304 g/mol. The molecule has 0 aromatic rings. The average Bonchev–Trinajstić information content (AvgIpc) is 2.96. The van der Waals surface area contributed by atoms with Crippen LogP contribution < -0.4 is 4.72 Å². The van der Waals surface area contributed by atoms with E-state index in [0.717, 1.165) is 19.5 Å². The minimum atomic E-state index is -3.21. The highest BCUT2D eigenvalue weighted by molar-refractivity contribution is 7.89. The van der Waals surface area contributed by atoms with Crippen LogP contribution in [0.5, 0.6) is 0 Å². The molecule has 1 saturated carbocycles. The Bertz CT molecular complexity index is 391. The van der Waals surface area contributed by atoms with Crippen LogP contribution in [0.25, 0.3) is 0 Å². The fourth-order valence-corrected chi connectivity index (χ4v) is 4.32. The molecular weight excluding hydrogens is 276 g/mol. The maximum Gasteiger partial charge on any atom is 0.214 e. The Morgan fingerprint density at radius 1 is 1.25 bits per heavy atom. The summed E-state index contributed by atoms with van der Waals surface area (Å²) >= 11 is 0. The Morgan fingerprint density at radius 3 is 2.60 bits per heavy atom. The summed E-state index contributed by atoms with van der Waals surface area (Å²) in [6, 6.07) is 0.772. The molecule has 0 amide bonds. The zero-order valence-electron chi connectivity index (χ0n) is 12.7. The third-order valence-electron chi connectivity index (χ3n) is 4.21. The third-order valence-corrected chi connectivity index (χ3v) is 5.61. The molecule has 0 aromatic carbocycles. The van der Waals surface area contributed by atoms with E-state index in [-0.39, 0.29) is 24.5 Å². The largest absolute Gasteiger partial charge is 0.378 e. The van der Waals surface area contributed by atoms with Gasteiger partial charge in [-0.15, -0.1) is 0 Å². The van der Waals surface area contributed by atoms with Crippen molar-refractivity contribution in [2.45, 2.75) is 64.1 Å². The molecule has 1 aliphatic carbocycles. The maximum atomic E-state index is 12.0. The molecule has 1 atom stereocenters. The number of likely N-dealkylation sites (tertiary alicyclic amines) is 1. The quantitative estimate of drug-likeness (QED) is 0.771. The molecular formula is C14H28N2O3S. The smallest absolute Gasteiger partial charge is 0.214 e.